The molecule has 3 heterocycles. The molecular weight excluding hydrogens is 255 g/mol. The highest BCUT2D eigenvalue weighted by molar-refractivity contribution is 6.61. The van der Waals surface area contributed by atoms with Gasteiger partial charge in [-0.05, 0) is 27.7 Å². The van der Waals surface area contributed by atoms with E-state index < -0.39 is 7.12 Å². The lowest BCUT2D eigenvalue weighted by molar-refractivity contribution is 0.00578. The quantitative estimate of drug-likeness (QED) is 0.762. The third-order valence-electron chi connectivity index (χ3n) is 3.92. The van der Waals surface area contributed by atoms with Crippen LogP contribution in [0.15, 0.2) is 31.1 Å². The predicted molar refractivity (Wildman–Crippen MR) is 74.9 cm³/mol. The Morgan fingerprint density at radius 2 is 1.75 bits per heavy atom. The van der Waals surface area contributed by atoms with Crippen LogP contribution < -0.4 is 5.59 Å². The monoisotopic (exact) mass is 272 g/mol. The Bertz CT molecular complexity index is 579. The zero-order valence-corrected chi connectivity index (χ0v) is 12.1. The van der Waals surface area contributed by atoms with E-state index in [0.717, 1.165) is 0 Å². The normalized spacial score (nSPS) is 20.3. The second-order valence-corrected chi connectivity index (χ2v) is 5.86. The van der Waals surface area contributed by atoms with E-state index in [4.69, 9.17) is 9.31 Å². The van der Waals surface area contributed by atoms with Gasteiger partial charge in [-0.1, -0.05) is 0 Å². The van der Waals surface area contributed by atoms with E-state index >= 15 is 0 Å². The van der Waals surface area contributed by atoms with E-state index in [-0.39, 0.29) is 11.2 Å². The summed E-state index contributed by atoms with van der Waals surface area (Å²) < 4.78 is 13.7. The van der Waals surface area contributed by atoms with Gasteiger partial charge < -0.3 is 9.31 Å². The van der Waals surface area contributed by atoms with Crippen molar-refractivity contribution < 1.29 is 9.31 Å². The number of hydrogen-bond donors (Lipinski definition) is 0. The first-order chi connectivity index (χ1) is 9.39. The molecule has 1 fully saturated rings. The van der Waals surface area contributed by atoms with Crippen molar-refractivity contribution in [3.8, 4) is 5.82 Å². The molecule has 0 N–H and O–H groups in total. The summed E-state index contributed by atoms with van der Waals surface area (Å²) in [6.07, 6.45) is 8.56. The van der Waals surface area contributed by atoms with Gasteiger partial charge >= 0.3 is 7.12 Å². The molecule has 0 atom stereocenters. The number of nitrogens with zero attached hydrogens (tertiary/aromatic N) is 4. The van der Waals surface area contributed by atoms with E-state index in [1.807, 2.05) is 33.9 Å². The molecule has 7 heteroatoms. The summed E-state index contributed by atoms with van der Waals surface area (Å²) in [4.78, 5) is 12.7. The highest BCUT2D eigenvalue weighted by Gasteiger charge is 2.52. The van der Waals surface area contributed by atoms with E-state index in [1.54, 1.807) is 29.5 Å². The molecule has 0 aliphatic carbocycles. The second-order valence-electron chi connectivity index (χ2n) is 5.86. The number of imidazole rings is 1. The van der Waals surface area contributed by atoms with Crippen molar-refractivity contribution in [1.29, 1.82) is 0 Å². The third-order valence-corrected chi connectivity index (χ3v) is 3.92. The van der Waals surface area contributed by atoms with Crippen molar-refractivity contribution >= 4 is 12.7 Å². The fourth-order valence-electron chi connectivity index (χ4n) is 1.94. The van der Waals surface area contributed by atoms with E-state index in [9.17, 15) is 0 Å². The minimum absolute atomic E-state index is 0.373. The molecule has 0 amide bonds. The minimum atomic E-state index is -0.482. The first kappa shape index (κ1) is 13.3. The number of rotatable bonds is 2. The van der Waals surface area contributed by atoms with Crippen molar-refractivity contribution in [2.75, 3.05) is 0 Å². The van der Waals surface area contributed by atoms with Crippen molar-refractivity contribution in [3.63, 3.8) is 0 Å². The molecule has 0 bridgehead atoms. The Hall–Kier alpha value is -1.73. The summed E-state index contributed by atoms with van der Waals surface area (Å²) in [5.74, 6) is 0.711. The Morgan fingerprint density at radius 1 is 1.05 bits per heavy atom. The Kier molecular flexibility index (Phi) is 2.91. The summed E-state index contributed by atoms with van der Waals surface area (Å²) >= 11 is 0. The van der Waals surface area contributed by atoms with Gasteiger partial charge in [-0.2, -0.15) is 0 Å². The zero-order chi connectivity index (χ0) is 14.4. The van der Waals surface area contributed by atoms with Gasteiger partial charge in [0, 0.05) is 18.6 Å². The molecule has 0 unspecified atom stereocenters. The lowest BCUT2D eigenvalue weighted by Crippen LogP contribution is -2.41. The molecular formula is C13H17BN4O2. The maximum absolute atomic E-state index is 5.94. The van der Waals surface area contributed by atoms with Gasteiger partial charge in [-0.3, -0.25) is 9.55 Å². The second kappa shape index (κ2) is 4.39. The molecule has 0 saturated carbocycles. The predicted octanol–water partition coefficient (Wildman–Crippen LogP) is 0.961. The van der Waals surface area contributed by atoms with Gasteiger partial charge in [0.1, 0.15) is 6.33 Å². The molecule has 1 saturated heterocycles. The lowest BCUT2D eigenvalue weighted by Gasteiger charge is -2.32. The Morgan fingerprint density at radius 3 is 2.25 bits per heavy atom. The molecule has 1 aliphatic heterocycles. The Balaban J connectivity index is 1.83. The topological polar surface area (TPSA) is 62.1 Å². The first-order valence-corrected chi connectivity index (χ1v) is 6.55. The van der Waals surface area contributed by atoms with Crippen LogP contribution in [0.5, 0.6) is 0 Å². The van der Waals surface area contributed by atoms with E-state index in [1.165, 1.54) is 0 Å². The molecule has 6 nitrogen and oxygen atoms in total. The van der Waals surface area contributed by atoms with E-state index in [2.05, 4.69) is 15.0 Å². The van der Waals surface area contributed by atoms with Crippen LogP contribution in [-0.4, -0.2) is 37.8 Å². The Labute approximate surface area is 118 Å². The molecule has 0 radical (unpaired) electrons. The maximum Gasteiger partial charge on any atom is 0.516 e. The third kappa shape index (κ3) is 2.12. The summed E-state index contributed by atoms with van der Waals surface area (Å²) in [7, 11) is -0.482. The van der Waals surface area contributed by atoms with E-state index in [0.29, 0.717) is 11.4 Å². The summed E-state index contributed by atoms with van der Waals surface area (Å²) in [6.45, 7) is 8.06. The molecule has 1 aliphatic rings. The molecule has 0 aromatic carbocycles. The maximum atomic E-state index is 5.94. The summed E-state index contributed by atoms with van der Waals surface area (Å²) in [5, 5.41) is 0. The van der Waals surface area contributed by atoms with Crippen LogP contribution in [0.25, 0.3) is 5.82 Å². The van der Waals surface area contributed by atoms with Gasteiger partial charge in [0.2, 0.25) is 0 Å². The molecule has 20 heavy (non-hydrogen) atoms. The van der Waals surface area contributed by atoms with Crippen LogP contribution in [0, 0.1) is 0 Å². The van der Waals surface area contributed by atoms with Gasteiger partial charge in [-0.15, -0.1) is 0 Å². The van der Waals surface area contributed by atoms with Gasteiger partial charge in [0.25, 0.3) is 0 Å². The average Bonchev–Trinajstić information content (AvgIpc) is 2.97. The smallest absolute Gasteiger partial charge is 0.398 e. The lowest BCUT2D eigenvalue weighted by atomic mass is 9.85. The van der Waals surface area contributed by atoms with Gasteiger partial charge in [-0.25, -0.2) is 9.97 Å². The van der Waals surface area contributed by atoms with Crippen LogP contribution >= 0.6 is 0 Å². The highest BCUT2D eigenvalue weighted by Crippen LogP contribution is 2.36. The summed E-state index contributed by atoms with van der Waals surface area (Å²) in [6, 6.07) is 0. The minimum Gasteiger partial charge on any atom is -0.398 e. The first-order valence-electron chi connectivity index (χ1n) is 6.55. The van der Waals surface area contributed by atoms with Crippen LogP contribution in [0.2, 0.25) is 0 Å². The van der Waals surface area contributed by atoms with Crippen molar-refractivity contribution in [2.24, 2.45) is 0 Å². The molecule has 0 spiro atoms. The fraction of sp³-hybridized carbons (Fsp3) is 0.462. The van der Waals surface area contributed by atoms with Crippen LogP contribution in [0.1, 0.15) is 27.7 Å². The van der Waals surface area contributed by atoms with Crippen molar-refractivity contribution in [1.82, 2.24) is 19.5 Å². The van der Waals surface area contributed by atoms with Gasteiger partial charge in [0.05, 0.1) is 23.0 Å². The molecule has 2 aromatic heterocycles. The highest BCUT2D eigenvalue weighted by atomic mass is 16.7. The zero-order valence-electron chi connectivity index (χ0n) is 12.1. The summed E-state index contributed by atoms with van der Waals surface area (Å²) in [5.41, 5.74) is -0.0717. The van der Waals surface area contributed by atoms with Gasteiger partial charge in [0.15, 0.2) is 5.82 Å². The molecule has 104 valence electrons. The standard InChI is InChI=1S/C13H17BN4O2/c1-12(2)13(3,4)20-14(19-12)10-7-17-11(8-16-10)18-6-5-15-9-18/h5-9H,1-4H3. The van der Waals surface area contributed by atoms with Crippen LogP contribution in [-0.2, 0) is 9.31 Å². The van der Waals surface area contributed by atoms with Crippen LogP contribution in [0.4, 0.5) is 0 Å². The SMILES string of the molecule is CC1(C)OB(c2cnc(-n3ccnc3)cn2)OC1(C)C. The fourth-order valence-corrected chi connectivity index (χ4v) is 1.94. The van der Waals surface area contributed by atoms with Crippen LogP contribution in [0.3, 0.4) is 0 Å². The van der Waals surface area contributed by atoms with Crippen molar-refractivity contribution in [3.05, 3.63) is 31.1 Å². The average molecular weight is 272 g/mol. The number of hydrogen-bond acceptors (Lipinski definition) is 5. The molecule has 3 rings (SSSR count). The van der Waals surface area contributed by atoms with Crippen molar-refractivity contribution in [2.45, 2.75) is 38.9 Å². The number of aromatic nitrogens is 4. The molecule has 2 aromatic rings. The largest absolute Gasteiger partial charge is 0.516 e.